The van der Waals surface area contributed by atoms with Crippen LogP contribution in [-0.4, -0.2) is 19.0 Å². The SMILES string of the molecule is N#Cc1cc(C(F)(F)F)ccc1N1CCC(C(=O)NCc2ccc(F)cc2)CC1. The minimum Gasteiger partial charge on any atom is -0.370 e. The van der Waals surface area contributed by atoms with Crippen LogP contribution in [0, 0.1) is 23.1 Å². The van der Waals surface area contributed by atoms with Gasteiger partial charge in [-0.3, -0.25) is 4.79 Å². The fourth-order valence-corrected chi connectivity index (χ4v) is 3.40. The van der Waals surface area contributed by atoms with Gasteiger partial charge in [-0.1, -0.05) is 12.1 Å². The van der Waals surface area contributed by atoms with Crippen LogP contribution in [0.4, 0.5) is 23.2 Å². The Morgan fingerprint density at radius 3 is 2.38 bits per heavy atom. The van der Waals surface area contributed by atoms with Crippen LogP contribution in [0.1, 0.15) is 29.5 Å². The summed E-state index contributed by atoms with van der Waals surface area (Å²) >= 11 is 0. The van der Waals surface area contributed by atoms with Crippen molar-refractivity contribution in [2.45, 2.75) is 25.6 Å². The number of benzene rings is 2. The zero-order valence-electron chi connectivity index (χ0n) is 15.5. The van der Waals surface area contributed by atoms with E-state index >= 15 is 0 Å². The van der Waals surface area contributed by atoms with Gasteiger partial charge in [0.05, 0.1) is 16.8 Å². The molecule has 0 unspecified atom stereocenters. The van der Waals surface area contributed by atoms with Gasteiger partial charge in [0.15, 0.2) is 0 Å². The van der Waals surface area contributed by atoms with Gasteiger partial charge in [-0.25, -0.2) is 4.39 Å². The normalized spacial score (nSPS) is 15.1. The van der Waals surface area contributed by atoms with E-state index in [4.69, 9.17) is 0 Å². The first-order chi connectivity index (χ1) is 13.8. The highest BCUT2D eigenvalue weighted by atomic mass is 19.4. The highest BCUT2D eigenvalue weighted by Crippen LogP contribution is 2.34. The lowest BCUT2D eigenvalue weighted by Crippen LogP contribution is -2.40. The minimum atomic E-state index is -4.50. The summed E-state index contributed by atoms with van der Waals surface area (Å²) in [5.41, 5.74) is 0.359. The molecular formula is C21H19F4N3O. The van der Waals surface area contributed by atoms with Crippen molar-refractivity contribution in [3.05, 3.63) is 65.0 Å². The maximum absolute atomic E-state index is 12.9. The van der Waals surface area contributed by atoms with E-state index < -0.39 is 11.7 Å². The van der Waals surface area contributed by atoms with Crippen LogP contribution in [0.15, 0.2) is 42.5 Å². The molecule has 0 spiro atoms. The van der Waals surface area contributed by atoms with Gasteiger partial charge in [0.1, 0.15) is 11.9 Å². The summed E-state index contributed by atoms with van der Waals surface area (Å²) in [6.45, 7) is 1.24. The predicted octanol–water partition coefficient (Wildman–Crippen LogP) is 4.25. The van der Waals surface area contributed by atoms with Gasteiger partial charge >= 0.3 is 6.18 Å². The van der Waals surface area contributed by atoms with Crippen molar-refractivity contribution in [3.63, 3.8) is 0 Å². The molecule has 1 fully saturated rings. The van der Waals surface area contributed by atoms with Gasteiger partial charge in [0, 0.05) is 25.6 Å². The monoisotopic (exact) mass is 405 g/mol. The smallest absolute Gasteiger partial charge is 0.370 e. The molecule has 0 saturated carbocycles. The second-order valence-corrected chi connectivity index (χ2v) is 6.95. The molecule has 2 aromatic carbocycles. The predicted molar refractivity (Wildman–Crippen MR) is 99.3 cm³/mol. The molecule has 2 aromatic rings. The lowest BCUT2D eigenvalue weighted by molar-refractivity contribution is -0.137. The zero-order chi connectivity index (χ0) is 21.0. The topological polar surface area (TPSA) is 56.1 Å². The number of nitrogens with zero attached hydrogens (tertiary/aromatic N) is 2. The van der Waals surface area contributed by atoms with Crippen molar-refractivity contribution in [1.82, 2.24) is 5.32 Å². The van der Waals surface area contributed by atoms with Crippen LogP contribution in [-0.2, 0) is 17.5 Å². The summed E-state index contributed by atoms with van der Waals surface area (Å²) in [7, 11) is 0. The van der Waals surface area contributed by atoms with Gasteiger partial charge in [0.25, 0.3) is 0 Å². The molecule has 152 valence electrons. The number of anilines is 1. The summed E-state index contributed by atoms with van der Waals surface area (Å²) < 4.78 is 51.5. The number of amides is 1. The van der Waals surface area contributed by atoms with Crippen LogP contribution in [0.25, 0.3) is 0 Å². The molecule has 0 radical (unpaired) electrons. The summed E-state index contributed by atoms with van der Waals surface area (Å²) in [6.07, 6.45) is -3.44. The Balaban J connectivity index is 1.58. The molecule has 0 aliphatic carbocycles. The highest BCUT2D eigenvalue weighted by Gasteiger charge is 2.32. The molecule has 1 aliphatic rings. The average Bonchev–Trinajstić information content (AvgIpc) is 2.72. The number of hydrogen-bond acceptors (Lipinski definition) is 3. The number of alkyl halides is 3. The van der Waals surface area contributed by atoms with E-state index in [1.54, 1.807) is 12.1 Å². The third-order valence-corrected chi connectivity index (χ3v) is 5.03. The second kappa shape index (κ2) is 8.52. The maximum Gasteiger partial charge on any atom is 0.416 e. The number of rotatable bonds is 4. The number of hydrogen-bond donors (Lipinski definition) is 1. The van der Waals surface area contributed by atoms with Crippen LogP contribution in [0.2, 0.25) is 0 Å². The fourth-order valence-electron chi connectivity index (χ4n) is 3.40. The molecule has 29 heavy (non-hydrogen) atoms. The number of carbonyl (C=O) groups excluding carboxylic acids is 1. The lowest BCUT2D eigenvalue weighted by atomic mass is 9.94. The maximum atomic E-state index is 12.9. The Bertz CT molecular complexity index is 911. The van der Waals surface area contributed by atoms with Crippen molar-refractivity contribution in [3.8, 4) is 6.07 Å². The first kappa shape index (κ1) is 20.6. The quantitative estimate of drug-likeness (QED) is 0.774. The zero-order valence-corrected chi connectivity index (χ0v) is 15.5. The second-order valence-electron chi connectivity index (χ2n) is 6.95. The Labute approximate surface area is 165 Å². The molecule has 1 heterocycles. The Morgan fingerprint density at radius 2 is 1.79 bits per heavy atom. The van der Waals surface area contributed by atoms with Gasteiger partial charge in [-0.05, 0) is 48.7 Å². The number of piperidine rings is 1. The molecule has 3 rings (SSSR count). The van der Waals surface area contributed by atoms with Crippen LogP contribution in [0.5, 0.6) is 0 Å². The first-order valence-electron chi connectivity index (χ1n) is 9.16. The molecule has 8 heteroatoms. The molecule has 0 atom stereocenters. The van der Waals surface area contributed by atoms with Gasteiger partial charge in [-0.15, -0.1) is 0 Å². The molecule has 4 nitrogen and oxygen atoms in total. The van der Waals surface area contributed by atoms with Crippen LogP contribution >= 0.6 is 0 Å². The molecule has 1 saturated heterocycles. The molecule has 1 amide bonds. The largest absolute Gasteiger partial charge is 0.416 e. The van der Waals surface area contributed by atoms with Gasteiger partial charge in [0.2, 0.25) is 5.91 Å². The van der Waals surface area contributed by atoms with E-state index in [2.05, 4.69) is 5.32 Å². The number of nitriles is 1. The molecule has 0 bridgehead atoms. The van der Waals surface area contributed by atoms with Crippen molar-refractivity contribution in [1.29, 1.82) is 5.26 Å². The number of halogens is 4. The van der Waals surface area contributed by atoms with E-state index in [0.29, 0.717) is 38.2 Å². The van der Waals surface area contributed by atoms with E-state index in [1.807, 2.05) is 11.0 Å². The summed E-state index contributed by atoms with van der Waals surface area (Å²) in [4.78, 5) is 14.2. The van der Waals surface area contributed by atoms with Crippen molar-refractivity contribution in [2.24, 2.45) is 5.92 Å². The third kappa shape index (κ3) is 5.05. The fraction of sp³-hybridized carbons (Fsp3) is 0.333. The van der Waals surface area contributed by atoms with E-state index in [0.717, 1.165) is 17.7 Å². The molecular weight excluding hydrogens is 386 g/mol. The van der Waals surface area contributed by atoms with Crippen LogP contribution < -0.4 is 10.2 Å². The first-order valence-corrected chi connectivity index (χ1v) is 9.16. The molecule has 0 aromatic heterocycles. The minimum absolute atomic E-state index is 0.0287. The highest BCUT2D eigenvalue weighted by molar-refractivity contribution is 5.79. The summed E-state index contributed by atoms with van der Waals surface area (Å²) in [6, 6.07) is 10.8. The van der Waals surface area contributed by atoms with Crippen molar-refractivity contribution < 1.29 is 22.4 Å². The molecule has 1 aliphatic heterocycles. The van der Waals surface area contributed by atoms with E-state index in [9.17, 15) is 27.6 Å². The van der Waals surface area contributed by atoms with Gasteiger partial charge < -0.3 is 10.2 Å². The van der Waals surface area contributed by atoms with Crippen molar-refractivity contribution in [2.75, 3.05) is 18.0 Å². The standard InChI is InChI=1S/C21H19F4N3O/c22-18-4-1-14(2-5-18)13-27-20(29)15-7-9-28(10-8-15)19-6-3-17(21(23,24)25)11-16(19)12-26/h1-6,11,15H,7-10,13H2,(H,27,29). The number of carbonyl (C=O) groups is 1. The third-order valence-electron chi connectivity index (χ3n) is 5.03. The Hall–Kier alpha value is -3.08. The van der Waals surface area contributed by atoms with E-state index in [1.165, 1.54) is 18.2 Å². The Morgan fingerprint density at radius 1 is 1.14 bits per heavy atom. The number of nitrogens with one attached hydrogen (secondary N) is 1. The average molecular weight is 405 g/mol. The van der Waals surface area contributed by atoms with Gasteiger partial charge in [-0.2, -0.15) is 18.4 Å². The van der Waals surface area contributed by atoms with E-state index in [-0.39, 0.29) is 23.2 Å². The summed E-state index contributed by atoms with van der Waals surface area (Å²) in [5.74, 6) is -0.666. The lowest BCUT2D eigenvalue weighted by Gasteiger charge is -2.33. The summed E-state index contributed by atoms with van der Waals surface area (Å²) in [5, 5.41) is 12.1. The molecule has 1 N–H and O–H groups in total. The Kier molecular flexibility index (Phi) is 6.06. The van der Waals surface area contributed by atoms with Crippen molar-refractivity contribution >= 4 is 11.6 Å². The van der Waals surface area contributed by atoms with Crippen LogP contribution in [0.3, 0.4) is 0 Å².